The van der Waals surface area contributed by atoms with Gasteiger partial charge < -0.3 is 8.98 Å². The summed E-state index contributed by atoms with van der Waals surface area (Å²) in [4.78, 5) is 25.4. The Labute approximate surface area is 194 Å². The second kappa shape index (κ2) is 7.37. The Hall–Kier alpha value is -3.29. The summed E-state index contributed by atoms with van der Waals surface area (Å²) in [5, 5.41) is 0.356. The van der Waals surface area contributed by atoms with Gasteiger partial charge in [-0.1, -0.05) is 35.3 Å². The first-order chi connectivity index (χ1) is 15.5. The number of aryl methyl sites for hydroxylation is 1. The number of allylic oxidation sites excluding steroid dienone is 1. The molecule has 166 valence electrons. The van der Waals surface area contributed by atoms with E-state index in [1.165, 1.54) is 30.3 Å². The van der Waals surface area contributed by atoms with Crippen molar-refractivity contribution in [1.29, 1.82) is 0 Å². The Bertz CT molecular complexity index is 1470. The first-order valence-corrected chi connectivity index (χ1v) is 10.4. The average molecular weight is 490 g/mol. The van der Waals surface area contributed by atoms with Crippen LogP contribution in [0.2, 0.25) is 10.0 Å². The van der Waals surface area contributed by atoms with Crippen LogP contribution in [0.25, 0.3) is 28.4 Å². The molecule has 0 unspecified atom stereocenters. The van der Waals surface area contributed by atoms with Gasteiger partial charge in [-0.05, 0) is 35.9 Å². The van der Waals surface area contributed by atoms with E-state index in [0.717, 1.165) is 12.1 Å². The molecule has 0 fully saturated rings. The number of ketones is 2. The number of carbonyl (C=O) groups is 2. The lowest BCUT2D eigenvalue weighted by Gasteiger charge is -2.08. The van der Waals surface area contributed by atoms with E-state index in [9.17, 15) is 22.8 Å². The van der Waals surface area contributed by atoms with Crippen molar-refractivity contribution in [2.24, 2.45) is 7.05 Å². The number of aromatic nitrogens is 1. The van der Waals surface area contributed by atoms with Crippen LogP contribution < -0.4 is 0 Å². The minimum atomic E-state index is -4.41. The molecule has 9 heteroatoms. The summed E-state index contributed by atoms with van der Waals surface area (Å²) < 4.78 is 46.0. The number of carbonyl (C=O) groups excluding carboxylic acids is 2. The van der Waals surface area contributed by atoms with Gasteiger partial charge in [0.05, 0.1) is 32.4 Å². The Kier molecular flexibility index (Phi) is 4.81. The molecule has 4 aromatic rings. The Morgan fingerprint density at radius 2 is 1.48 bits per heavy atom. The second-order valence-corrected chi connectivity index (χ2v) is 8.40. The number of halogens is 5. The number of benzene rings is 2. The lowest BCUT2D eigenvalue weighted by atomic mass is 10.1. The summed E-state index contributed by atoms with van der Waals surface area (Å²) in [7, 11) is 1.74. The van der Waals surface area contributed by atoms with Gasteiger partial charge in [0, 0.05) is 30.3 Å². The highest BCUT2D eigenvalue weighted by atomic mass is 35.5. The number of fused-ring (bicyclic) bond motifs is 2. The molecule has 4 nitrogen and oxygen atoms in total. The first-order valence-electron chi connectivity index (χ1n) is 9.61. The van der Waals surface area contributed by atoms with Gasteiger partial charge in [-0.3, -0.25) is 9.59 Å². The van der Waals surface area contributed by atoms with Gasteiger partial charge in [0.1, 0.15) is 5.76 Å². The van der Waals surface area contributed by atoms with Crippen LogP contribution in [-0.2, 0) is 13.2 Å². The van der Waals surface area contributed by atoms with Gasteiger partial charge in [0.15, 0.2) is 17.1 Å². The fourth-order valence-corrected chi connectivity index (χ4v) is 4.23. The average Bonchev–Trinajstić information content (AvgIpc) is 3.36. The molecule has 0 radical (unpaired) electrons. The van der Waals surface area contributed by atoms with Crippen molar-refractivity contribution in [1.82, 2.24) is 4.57 Å². The number of furan rings is 1. The van der Waals surface area contributed by atoms with Gasteiger partial charge in [-0.25, -0.2) is 0 Å². The third-order valence-electron chi connectivity index (χ3n) is 5.58. The number of nitrogens with zero attached hydrogens (tertiary/aromatic N) is 1. The van der Waals surface area contributed by atoms with Gasteiger partial charge in [-0.15, -0.1) is 0 Å². The second-order valence-electron chi connectivity index (χ2n) is 7.59. The Balaban J connectivity index is 1.50. The standard InChI is InChI=1S/C24H12Cl2F3NO3/c1-30-19(11-2-4-12(5-3-11)24(27,28)29)10-21-20(30)7-13(33-21)6-16-22(31)14-8-17(25)18(26)9-15(14)23(16)32/h2-10H,1H3. The van der Waals surface area contributed by atoms with Crippen molar-refractivity contribution in [2.45, 2.75) is 6.18 Å². The molecule has 2 heterocycles. The van der Waals surface area contributed by atoms with E-state index in [0.29, 0.717) is 22.4 Å². The van der Waals surface area contributed by atoms with Crippen LogP contribution in [0.3, 0.4) is 0 Å². The molecule has 2 aromatic heterocycles. The van der Waals surface area contributed by atoms with E-state index in [1.807, 2.05) is 0 Å². The summed E-state index contributed by atoms with van der Waals surface area (Å²) in [5.74, 6) is -0.657. The molecule has 0 aliphatic heterocycles. The fourth-order valence-electron chi connectivity index (χ4n) is 3.90. The predicted octanol–water partition coefficient (Wildman–Crippen LogP) is 7.23. The third-order valence-corrected chi connectivity index (χ3v) is 6.31. The molecule has 5 rings (SSSR count). The zero-order valence-electron chi connectivity index (χ0n) is 16.8. The van der Waals surface area contributed by atoms with Crippen molar-refractivity contribution < 1.29 is 27.2 Å². The van der Waals surface area contributed by atoms with E-state index >= 15 is 0 Å². The maximum atomic E-state index is 12.8. The predicted molar refractivity (Wildman–Crippen MR) is 119 cm³/mol. The quantitative estimate of drug-likeness (QED) is 0.220. The molecule has 1 aliphatic rings. The fraction of sp³-hybridized carbons (Fsp3) is 0.0833. The normalized spacial score (nSPS) is 13.8. The highest BCUT2D eigenvalue weighted by Crippen LogP contribution is 2.36. The molecule has 0 bridgehead atoms. The Morgan fingerprint density at radius 3 is 2.00 bits per heavy atom. The number of rotatable bonds is 2. The maximum absolute atomic E-state index is 12.8. The zero-order valence-corrected chi connectivity index (χ0v) is 18.3. The summed E-state index contributed by atoms with van der Waals surface area (Å²) in [6.07, 6.45) is -3.04. The van der Waals surface area contributed by atoms with Crippen LogP contribution in [0.15, 0.2) is 58.5 Å². The summed E-state index contributed by atoms with van der Waals surface area (Å²) >= 11 is 11.9. The van der Waals surface area contributed by atoms with E-state index in [2.05, 4.69) is 0 Å². The minimum Gasteiger partial charge on any atom is -0.455 e. The van der Waals surface area contributed by atoms with E-state index < -0.39 is 23.3 Å². The van der Waals surface area contributed by atoms with Crippen molar-refractivity contribution in [2.75, 3.05) is 0 Å². The maximum Gasteiger partial charge on any atom is 0.416 e. The smallest absolute Gasteiger partial charge is 0.416 e. The number of Topliss-reactive ketones (excluding diaryl/α,β-unsaturated/α-hetero) is 2. The molecular weight excluding hydrogens is 478 g/mol. The van der Waals surface area contributed by atoms with E-state index in [1.54, 1.807) is 23.7 Å². The minimum absolute atomic E-state index is 0.0645. The van der Waals surface area contributed by atoms with Crippen molar-refractivity contribution in [3.63, 3.8) is 0 Å². The van der Waals surface area contributed by atoms with Crippen LogP contribution in [-0.4, -0.2) is 16.1 Å². The lowest BCUT2D eigenvalue weighted by molar-refractivity contribution is -0.137. The van der Waals surface area contributed by atoms with Gasteiger partial charge in [0.2, 0.25) is 0 Å². The van der Waals surface area contributed by atoms with Crippen LogP contribution >= 0.6 is 23.2 Å². The van der Waals surface area contributed by atoms with Crippen molar-refractivity contribution in [3.05, 3.63) is 86.6 Å². The monoisotopic (exact) mass is 489 g/mol. The largest absolute Gasteiger partial charge is 0.455 e. The highest BCUT2D eigenvalue weighted by Gasteiger charge is 2.34. The van der Waals surface area contributed by atoms with Gasteiger partial charge in [-0.2, -0.15) is 13.2 Å². The molecule has 0 N–H and O–H groups in total. The van der Waals surface area contributed by atoms with Crippen LogP contribution in [0, 0.1) is 0 Å². The molecule has 2 aromatic carbocycles. The van der Waals surface area contributed by atoms with Crippen LogP contribution in [0.5, 0.6) is 0 Å². The first kappa shape index (κ1) is 21.6. The highest BCUT2D eigenvalue weighted by molar-refractivity contribution is 6.46. The molecule has 33 heavy (non-hydrogen) atoms. The van der Waals surface area contributed by atoms with E-state index in [-0.39, 0.29) is 32.5 Å². The topological polar surface area (TPSA) is 52.2 Å². The molecule has 0 atom stereocenters. The van der Waals surface area contributed by atoms with E-state index in [4.69, 9.17) is 27.6 Å². The number of hydrogen-bond acceptors (Lipinski definition) is 3. The molecule has 0 saturated heterocycles. The molecule has 0 amide bonds. The lowest BCUT2D eigenvalue weighted by Crippen LogP contribution is -2.04. The zero-order chi connectivity index (χ0) is 23.7. The summed E-state index contributed by atoms with van der Waals surface area (Å²) in [6, 6.07) is 10.9. The molecule has 1 aliphatic carbocycles. The molecular formula is C24H12Cl2F3NO3. The Morgan fingerprint density at radius 1 is 0.909 bits per heavy atom. The number of hydrogen-bond donors (Lipinski definition) is 0. The molecule has 0 spiro atoms. The summed E-state index contributed by atoms with van der Waals surface area (Å²) in [5.41, 5.74) is 1.92. The van der Waals surface area contributed by atoms with Crippen molar-refractivity contribution >= 4 is 51.9 Å². The molecule has 0 saturated carbocycles. The van der Waals surface area contributed by atoms with Gasteiger partial charge in [0.25, 0.3) is 0 Å². The van der Waals surface area contributed by atoms with Gasteiger partial charge >= 0.3 is 6.18 Å². The van der Waals surface area contributed by atoms with Crippen LogP contribution in [0.4, 0.5) is 13.2 Å². The third kappa shape index (κ3) is 3.48. The SMILES string of the molecule is Cn1c(-c2ccc(C(F)(F)F)cc2)cc2oc(C=C3C(=O)c4cc(Cl)c(Cl)cc4C3=O)cc21. The summed E-state index contributed by atoms with van der Waals surface area (Å²) in [6.45, 7) is 0. The van der Waals surface area contributed by atoms with Crippen molar-refractivity contribution in [3.8, 4) is 11.3 Å². The van der Waals surface area contributed by atoms with Crippen LogP contribution in [0.1, 0.15) is 32.0 Å². The number of alkyl halides is 3.